The predicted molar refractivity (Wildman–Crippen MR) is 73.8 cm³/mol. The molecule has 18 heavy (non-hydrogen) atoms. The normalized spacial score (nSPS) is 18.4. The molecule has 1 atom stereocenters. The summed E-state index contributed by atoms with van der Waals surface area (Å²) in [5.74, 6) is 1.12. The van der Waals surface area contributed by atoms with Gasteiger partial charge < -0.3 is 9.88 Å². The summed E-state index contributed by atoms with van der Waals surface area (Å²) >= 11 is 4.89. The number of hydrogen-bond acceptors (Lipinski definition) is 3. The topological polar surface area (TPSA) is 46.9 Å². The van der Waals surface area contributed by atoms with Gasteiger partial charge in [0.25, 0.3) is 5.91 Å². The Balaban J connectivity index is 1.66. The van der Waals surface area contributed by atoms with Crippen LogP contribution in [0.15, 0.2) is 27.6 Å². The van der Waals surface area contributed by atoms with E-state index in [0.717, 1.165) is 34.6 Å². The van der Waals surface area contributed by atoms with Gasteiger partial charge in [0.15, 0.2) is 0 Å². The summed E-state index contributed by atoms with van der Waals surface area (Å²) in [4.78, 5) is 16.3. The molecule has 94 valence electrons. The molecule has 3 heterocycles. The number of nitrogens with one attached hydrogen (secondary N) is 1. The van der Waals surface area contributed by atoms with Crippen LogP contribution in [0.5, 0.6) is 0 Å². The summed E-state index contributed by atoms with van der Waals surface area (Å²) < 4.78 is 3.09. The zero-order chi connectivity index (χ0) is 12.5. The molecule has 0 bridgehead atoms. The molecule has 0 radical (unpaired) electrons. The van der Waals surface area contributed by atoms with Gasteiger partial charge in [0, 0.05) is 36.8 Å². The fourth-order valence-electron chi connectivity index (χ4n) is 2.18. The molecule has 2 aromatic heterocycles. The molecule has 1 aliphatic heterocycles. The lowest BCUT2D eigenvalue weighted by atomic mass is 10.1. The monoisotopic (exact) mass is 325 g/mol. The minimum absolute atomic E-state index is 0.00511. The maximum absolute atomic E-state index is 12.0. The van der Waals surface area contributed by atoms with E-state index in [4.69, 9.17) is 0 Å². The van der Waals surface area contributed by atoms with E-state index in [9.17, 15) is 4.79 Å². The number of nitrogens with zero attached hydrogens (tertiary/aromatic N) is 2. The maximum Gasteiger partial charge on any atom is 0.252 e. The first-order valence-corrected chi connectivity index (χ1v) is 7.44. The predicted octanol–water partition coefficient (Wildman–Crippen LogP) is 2.45. The van der Waals surface area contributed by atoms with Crippen LogP contribution >= 0.6 is 27.3 Å². The third kappa shape index (κ3) is 2.35. The number of rotatable bonds is 2. The minimum atomic E-state index is 0.00511. The summed E-state index contributed by atoms with van der Waals surface area (Å²) in [6.07, 6.45) is 5.66. The number of fused-ring (bicyclic) bond motifs is 1. The van der Waals surface area contributed by atoms with E-state index in [1.807, 2.05) is 23.8 Å². The fraction of sp³-hybridized carbons (Fsp3) is 0.333. The Kier molecular flexibility index (Phi) is 3.22. The molecule has 2 aromatic rings. The molecule has 1 N–H and O–H groups in total. The molecule has 0 aromatic carbocycles. The van der Waals surface area contributed by atoms with E-state index in [-0.39, 0.29) is 11.9 Å². The van der Waals surface area contributed by atoms with Crippen LogP contribution in [-0.4, -0.2) is 21.5 Å². The summed E-state index contributed by atoms with van der Waals surface area (Å²) in [5.41, 5.74) is 0.725. The van der Waals surface area contributed by atoms with Crippen LogP contribution in [-0.2, 0) is 13.0 Å². The smallest absolute Gasteiger partial charge is 0.252 e. The van der Waals surface area contributed by atoms with E-state index >= 15 is 0 Å². The van der Waals surface area contributed by atoms with Crippen molar-refractivity contribution in [1.82, 2.24) is 14.9 Å². The number of aryl methyl sites for hydroxylation is 1. The van der Waals surface area contributed by atoms with Crippen molar-refractivity contribution in [1.29, 1.82) is 0 Å². The van der Waals surface area contributed by atoms with Crippen LogP contribution in [0, 0.1) is 0 Å². The van der Waals surface area contributed by atoms with Gasteiger partial charge in [-0.05, 0) is 28.4 Å². The van der Waals surface area contributed by atoms with Gasteiger partial charge in [-0.25, -0.2) is 4.98 Å². The first-order chi connectivity index (χ1) is 8.72. The molecule has 3 rings (SSSR count). The Morgan fingerprint density at radius 2 is 2.50 bits per heavy atom. The number of carbonyl (C=O) groups excluding carboxylic acids is 1. The number of amides is 1. The molecule has 4 nitrogen and oxygen atoms in total. The van der Waals surface area contributed by atoms with Gasteiger partial charge in [0.05, 0.1) is 9.35 Å². The Morgan fingerprint density at radius 3 is 3.28 bits per heavy atom. The molecule has 6 heteroatoms. The Hall–Kier alpha value is -1.14. The van der Waals surface area contributed by atoms with Crippen LogP contribution in [0.1, 0.15) is 22.6 Å². The molecule has 0 unspecified atom stereocenters. The van der Waals surface area contributed by atoms with Crippen molar-refractivity contribution in [2.24, 2.45) is 0 Å². The van der Waals surface area contributed by atoms with Gasteiger partial charge >= 0.3 is 0 Å². The maximum atomic E-state index is 12.0. The molecule has 0 saturated carbocycles. The van der Waals surface area contributed by atoms with Crippen LogP contribution < -0.4 is 5.32 Å². The van der Waals surface area contributed by atoms with E-state index < -0.39 is 0 Å². The van der Waals surface area contributed by atoms with Crippen LogP contribution in [0.25, 0.3) is 0 Å². The molecule has 1 aliphatic rings. The number of halogens is 1. The van der Waals surface area contributed by atoms with Crippen molar-refractivity contribution in [3.8, 4) is 0 Å². The van der Waals surface area contributed by atoms with Gasteiger partial charge in [-0.2, -0.15) is 0 Å². The average molecular weight is 326 g/mol. The van der Waals surface area contributed by atoms with Crippen LogP contribution in [0.2, 0.25) is 0 Å². The molecular formula is C12H12BrN3OS. The first-order valence-electron chi connectivity index (χ1n) is 5.77. The van der Waals surface area contributed by atoms with E-state index in [1.54, 1.807) is 0 Å². The van der Waals surface area contributed by atoms with Gasteiger partial charge in [0.1, 0.15) is 5.82 Å². The van der Waals surface area contributed by atoms with Crippen molar-refractivity contribution in [2.45, 2.75) is 25.4 Å². The lowest BCUT2D eigenvalue weighted by molar-refractivity contribution is 0.0928. The van der Waals surface area contributed by atoms with E-state index in [1.165, 1.54) is 11.3 Å². The lowest BCUT2D eigenvalue weighted by Gasteiger charge is -2.24. The molecule has 1 amide bonds. The van der Waals surface area contributed by atoms with Gasteiger partial charge in [0.2, 0.25) is 0 Å². The summed E-state index contributed by atoms with van der Waals surface area (Å²) in [6, 6.07) is 2.05. The zero-order valence-corrected chi connectivity index (χ0v) is 12.0. The summed E-state index contributed by atoms with van der Waals surface area (Å²) in [6.45, 7) is 0.812. The largest absolute Gasteiger partial charge is 0.347 e. The Morgan fingerprint density at radius 1 is 1.61 bits per heavy atom. The first kappa shape index (κ1) is 11.9. The third-order valence-corrected chi connectivity index (χ3v) is 4.60. The number of thiophene rings is 1. The quantitative estimate of drug-likeness (QED) is 0.921. The van der Waals surface area contributed by atoms with Crippen molar-refractivity contribution in [3.05, 3.63) is 39.0 Å². The summed E-state index contributed by atoms with van der Waals surface area (Å²) in [7, 11) is 0. The lowest BCUT2D eigenvalue weighted by Crippen LogP contribution is -2.40. The Bertz CT molecular complexity index is 577. The van der Waals surface area contributed by atoms with E-state index in [2.05, 4.69) is 30.8 Å². The molecular weight excluding hydrogens is 314 g/mol. The second kappa shape index (κ2) is 4.85. The molecule has 0 saturated heterocycles. The fourth-order valence-corrected chi connectivity index (χ4v) is 3.32. The van der Waals surface area contributed by atoms with Gasteiger partial charge in [-0.15, -0.1) is 11.3 Å². The van der Waals surface area contributed by atoms with E-state index in [0.29, 0.717) is 0 Å². The Labute approximate surface area is 117 Å². The standard InChI is InChI=1S/C12H12BrN3OS/c13-10-5-8(7-18-10)12(17)15-9-1-2-11-14-3-4-16(11)6-9/h3-5,7,9H,1-2,6H2,(H,15,17)/t9-/m0/s1. The van der Waals surface area contributed by atoms with Crippen molar-refractivity contribution in [2.75, 3.05) is 0 Å². The van der Waals surface area contributed by atoms with Crippen LogP contribution in [0.4, 0.5) is 0 Å². The highest BCUT2D eigenvalue weighted by atomic mass is 79.9. The third-order valence-electron chi connectivity index (χ3n) is 3.10. The zero-order valence-electron chi connectivity index (χ0n) is 9.60. The highest BCUT2D eigenvalue weighted by Crippen LogP contribution is 2.21. The number of hydrogen-bond donors (Lipinski definition) is 1. The number of aromatic nitrogens is 2. The second-order valence-corrected chi connectivity index (χ2v) is 6.63. The molecule has 0 fully saturated rings. The van der Waals surface area contributed by atoms with Crippen molar-refractivity contribution >= 4 is 33.2 Å². The van der Waals surface area contributed by atoms with Gasteiger partial charge in [-0.3, -0.25) is 4.79 Å². The van der Waals surface area contributed by atoms with Crippen molar-refractivity contribution < 1.29 is 4.79 Å². The molecule has 0 aliphatic carbocycles. The van der Waals surface area contributed by atoms with Crippen molar-refractivity contribution in [3.63, 3.8) is 0 Å². The van der Waals surface area contributed by atoms with Gasteiger partial charge in [-0.1, -0.05) is 0 Å². The average Bonchev–Trinajstić information content (AvgIpc) is 2.96. The number of carbonyl (C=O) groups is 1. The minimum Gasteiger partial charge on any atom is -0.347 e. The number of imidazole rings is 1. The highest BCUT2D eigenvalue weighted by Gasteiger charge is 2.21. The SMILES string of the molecule is O=C(N[C@H]1CCc2nccn2C1)c1csc(Br)c1. The van der Waals surface area contributed by atoms with Crippen LogP contribution in [0.3, 0.4) is 0 Å². The molecule has 0 spiro atoms. The summed E-state index contributed by atoms with van der Waals surface area (Å²) in [5, 5.41) is 4.94. The second-order valence-electron chi connectivity index (χ2n) is 4.34. The highest BCUT2D eigenvalue weighted by molar-refractivity contribution is 9.11.